The maximum atomic E-state index is 11.3. The van der Waals surface area contributed by atoms with Gasteiger partial charge in [-0.05, 0) is 31.6 Å². The first-order valence-electron chi connectivity index (χ1n) is 6.27. The number of carboxylic acids is 1. The minimum atomic E-state index is -0.945. The van der Waals surface area contributed by atoms with Crippen molar-refractivity contribution in [1.29, 1.82) is 0 Å². The summed E-state index contributed by atoms with van der Waals surface area (Å²) in [6.07, 6.45) is 5.28. The molecule has 17 heavy (non-hydrogen) atoms. The predicted molar refractivity (Wildman–Crippen MR) is 64.4 cm³/mol. The van der Waals surface area contributed by atoms with Crippen molar-refractivity contribution < 1.29 is 14.7 Å². The van der Waals surface area contributed by atoms with Crippen molar-refractivity contribution >= 4 is 11.9 Å². The Morgan fingerprint density at radius 1 is 1.41 bits per heavy atom. The molecule has 1 rings (SSSR count). The quantitative estimate of drug-likeness (QED) is 0.644. The highest BCUT2D eigenvalue weighted by Crippen LogP contribution is 2.34. The van der Waals surface area contributed by atoms with Crippen molar-refractivity contribution in [3.63, 3.8) is 0 Å². The Bertz CT molecular complexity index is 283. The van der Waals surface area contributed by atoms with Crippen LogP contribution < -0.4 is 11.1 Å². The number of rotatable bonds is 6. The van der Waals surface area contributed by atoms with Gasteiger partial charge in [-0.1, -0.05) is 19.8 Å². The first-order valence-corrected chi connectivity index (χ1v) is 6.27. The molecule has 1 aliphatic rings. The summed E-state index contributed by atoms with van der Waals surface area (Å²) in [4.78, 5) is 22.1. The molecule has 0 saturated heterocycles. The number of nitrogens with two attached hydrogens (primary N) is 1. The van der Waals surface area contributed by atoms with Gasteiger partial charge in [0.05, 0.1) is 6.54 Å². The molecular formula is C12H22N2O3. The second-order valence-corrected chi connectivity index (χ2v) is 4.94. The van der Waals surface area contributed by atoms with Gasteiger partial charge in [-0.15, -0.1) is 0 Å². The van der Waals surface area contributed by atoms with Gasteiger partial charge < -0.3 is 10.8 Å². The zero-order valence-electron chi connectivity index (χ0n) is 10.4. The molecule has 5 nitrogen and oxygen atoms in total. The number of hydrogen-bond acceptors (Lipinski definition) is 3. The molecule has 0 atom stereocenters. The molecule has 1 amide bonds. The van der Waals surface area contributed by atoms with Crippen LogP contribution in [0.25, 0.3) is 0 Å². The number of primary amides is 1. The fourth-order valence-electron chi connectivity index (χ4n) is 2.59. The van der Waals surface area contributed by atoms with Crippen LogP contribution in [-0.2, 0) is 9.59 Å². The lowest BCUT2D eigenvalue weighted by Crippen LogP contribution is -2.56. The van der Waals surface area contributed by atoms with Crippen LogP contribution in [0.2, 0.25) is 0 Å². The molecule has 1 saturated carbocycles. The van der Waals surface area contributed by atoms with Crippen LogP contribution in [0, 0.1) is 5.92 Å². The van der Waals surface area contributed by atoms with E-state index in [0.717, 1.165) is 25.7 Å². The van der Waals surface area contributed by atoms with E-state index in [0.29, 0.717) is 18.8 Å². The molecule has 4 N–H and O–H groups in total. The summed E-state index contributed by atoms with van der Waals surface area (Å²) in [5.74, 6) is -0.752. The highest BCUT2D eigenvalue weighted by Gasteiger charge is 2.41. The molecule has 0 aliphatic heterocycles. The van der Waals surface area contributed by atoms with Crippen molar-refractivity contribution in [1.82, 2.24) is 5.32 Å². The third-order valence-electron chi connectivity index (χ3n) is 3.67. The fraction of sp³-hybridized carbons (Fsp3) is 0.833. The number of carbonyl (C=O) groups excluding carboxylic acids is 1. The number of nitrogens with one attached hydrogen (secondary N) is 1. The van der Waals surface area contributed by atoms with E-state index in [1.165, 1.54) is 0 Å². The van der Waals surface area contributed by atoms with E-state index in [1.54, 1.807) is 0 Å². The van der Waals surface area contributed by atoms with Crippen LogP contribution in [0.15, 0.2) is 0 Å². The molecule has 0 unspecified atom stereocenters. The minimum Gasteiger partial charge on any atom is -0.480 e. The molecule has 98 valence electrons. The zero-order valence-corrected chi connectivity index (χ0v) is 10.4. The van der Waals surface area contributed by atoms with Crippen molar-refractivity contribution in [2.75, 3.05) is 6.54 Å². The third kappa shape index (κ3) is 3.70. The third-order valence-corrected chi connectivity index (χ3v) is 3.67. The van der Waals surface area contributed by atoms with Gasteiger partial charge in [-0.3, -0.25) is 14.9 Å². The summed E-state index contributed by atoms with van der Waals surface area (Å²) in [5.41, 5.74) is 4.10. The summed E-state index contributed by atoms with van der Waals surface area (Å²) in [7, 11) is 0. The van der Waals surface area contributed by atoms with Crippen molar-refractivity contribution in [3.05, 3.63) is 0 Å². The highest BCUT2D eigenvalue weighted by atomic mass is 16.4. The monoisotopic (exact) mass is 242 g/mol. The number of aliphatic carboxylic acids is 1. The lowest BCUT2D eigenvalue weighted by atomic mass is 9.75. The van der Waals surface area contributed by atoms with Gasteiger partial charge in [0.25, 0.3) is 0 Å². The summed E-state index contributed by atoms with van der Waals surface area (Å²) >= 11 is 0. The fourth-order valence-corrected chi connectivity index (χ4v) is 2.59. The SMILES string of the molecule is CCCC1CCC(NCC(N)=O)(C(=O)O)CC1. The molecule has 0 aromatic heterocycles. The predicted octanol–water partition coefficient (Wildman–Crippen LogP) is 0.875. The summed E-state index contributed by atoms with van der Waals surface area (Å²) < 4.78 is 0. The molecule has 0 aromatic carbocycles. The average Bonchev–Trinajstić information content (AvgIpc) is 2.28. The van der Waals surface area contributed by atoms with E-state index in [4.69, 9.17) is 5.73 Å². The van der Waals surface area contributed by atoms with Crippen LogP contribution in [0.5, 0.6) is 0 Å². The van der Waals surface area contributed by atoms with Crippen LogP contribution in [-0.4, -0.2) is 29.1 Å². The van der Waals surface area contributed by atoms with Gasteiger partial charge in [-0.2, -0.15) is 0 Å². The molecule has 0 radical (unpaired) electrons. The Morgan fingerprint density at radius 2 is 2.00 bits per heavy atom. The Hall–Kier alpha value is -1.10. The van der Waals surface area contributed by atoms with E-state index in [1.807, 2.05) is 0 Å². The largest absolute Gasteiger partial charge is 0.480 e. The lowest BCUT2D eigenvalue weighted by molar-refractivity contribution is -0.147. The Labute approximate surface area is 102 Å². The summed E-state index contributed by atoms with van der Waals surface area (Å²) in [6, 6.07) is 0. The Morgan fingerprint density at radius 3 is 2.41 bits per heavy atom. The molecule has 5 heteroatoms. The second kappa shape index (κ2) is 6.00. The van der Waals surface area contributed by atoms with Gasteiger partial charge in [-0.25, -0.2) is 0 Å². The van der Waals surface area contributed by atoms with E-state index in [-0.39, 0.29) is 6.54 Å². The van der Waals surface area contributed by atoms with Crippen LogP contribution in [0.3, 0.4) is 0 Å². The first-order chi connectivity index (χ1) is 8.00. The summed E-state index contributed by atoms with van der Waals surface area (Å²) in [5, 5.41) is 12.1. The number of hydrogen-bond donors (Lipinski definition) is 3. The van der Waals surface area contributed by atoms with Gasteiger partial charge in [0, 0.05) is 0 Å². The van der Waals surface area contributed by atoms with Gasteiger partial charge in [0.15, 0.2) is 0 Å². The van der Waals surface area contributed by atoms with Crippen molar-refractivity contribution in [2.24, 2.45) is 11.7 Å². The summed E-state index contributed by atoms with van der Waals surface area (Å²) in [6.45, 7) is 2.08. The number of amides is 1. The highest BCUT2D eigenvalue weighted by molar-refractivity contribution is 5.81. The van der Waals surface area contributed by atoms with Gasteiger partial charge in [0.1, 0.15) is 5.54 Å². The molecule has 1 fully saturated rings. The molecule has 1 aliphatic carbocycles. The van der Waals surface area contributed by atoms with Gasteiger partial charge >= 0.3 is 5.97 Å². The number of carboxylic acid groups (broad SMARTS) is 1. The van der Waals surface area contributed by atoms with Crippen LogP contribution in [0.4, 0.5) is 0 Å². The Kier molecular flexibility index (Phi) is 4.93. The lowest BCUT2D eigenvalue weighted by Gasteiger charge is -2.37. The molecule has 0 aromatic rings. The normalized spacial score (nSPS) is 28.9. The second-order valence-electron chi connectivity index (χ2n) is 4.94. The first kappa shape index (κ1) is 14.0. The van der Waals surface area contributed by atoms with Gasteiger partial charge in [0.2, 0.25) is 5.91 Å². The minimum absolute atomic E-state index is 0.0647. The average molecular weight is 242 g/mol. The van der Waals surface area contributed by atoms with E-state index in [9.17, 15) is 14.7 Å². The van der Waals surface area contributed by atoms with E-state index in [2.05, 4.69) is 12.2 Å². The maximum Gasteiger partial charge on any atom is 0.323 e. The van der Waals surface area contributed by atoms with Crippen LogP contribution in [0.1, 0.15) is 45.4 Å². The van der Waals surface area contributed by atoms with Crippen LogP contribution >= 0.6 is 0 Å². The molecular weight excluding hydrogens is 220 g/mol. The zero-order chi connectivity index (χ0) is 12.9. The Balaban J connectivity index is 2.57. The van der Waals surface area contributed by atoms with Crippen molar-refractivity contribution in [3.8, 4) is 0 Å². The van der Waals surface area contributed by atoms with E-state index < -0.39 is 17.4 Å². The topological polar surface area (TPSA) is 92.4 Å². The molecule has 0 spiro atoms. The molecule has 0 heterocycles. The number of carbonyl (C=O) groups is 2. The smallest absolute Gasteiger partial charge is 0.323 e. The van der Waals surface area contributed by atoms with Crippen molar-refractivity contribution in [2.45, 2.75) is 51.0 Å². The van der Waals surface area contributed by atoms with E-state index >= 15 is 0 Å². The standard InChI is InChI=1S/C12H22N2O3/c1-2-3-9-4-6-12(7-5-9,11(16)17)14-8-10(13)15/h9,14H,2-8H2,1H3,(H2,13,15)(H,16,17). The maximum absolute atomic E-state index is 11.3. The molecule has 0 bridgehead atoms.